The molecule has 0 bridgehead atoms. The van der Waals surface area contributed by atoms with Crippen LogP contribution in [0.5, 0.6) is 11.6 Å². The number of benzene rings is 1. The van der Waals surface area contributed by atoms with Gasteiger partial charge in [-0.25, -0.2) is 9.37 Å². The number of nitrogens with two attached hydrogens (primary N) is 1. The molecule has 0 saturated carbocycles. The van der Waals surface area contributed by atoms with Crippen LogP contribution in [0.4, 0.5) is 4.39 Å². The minimum absolute atomic E-state index is 0.0451. The molecule has 1 aromatic heterocycles. The number of nitrogens with one attached hydrogen (secondary N) is 1. The summed E-state index contributed by atoms with van der Waals surface area (Å²) in [5.41, 5.74) is 7.30. The number of amidine groups is 1. The Labute approximate surface area is 120 Å². The summed E-state index contributed by atoms with van der Waals surface area (Å²) in [5, 5.41) is 7.54. The number of nitrogens with zero attached hydrogens (tertiary/aromatic N) is 1. The van der Waals surface area contributed by atoms with Crippen LogP contribution in [0.3, 0.4) is 0 Å². The summed E-state index contributed by atoms with van der Waals surface area (Å²) in [4.78, 5) is 4.17. The zero-order valence-electron chi connectivity index (χ0n) is 11.0. The van der Waals surface area contributed by atoms with E-state index < -0.39 is 5.82 Å². The average molecular weight is 294 g/mol. The van der Waals surface area contributed by atoms with Crippen molar-refractivity contribution in [3.63, 3.8) is 0 Å². The van der Waals surface area contributed by atoms with Crippen molar-refractivity contribution in [3.05, 3.63) is 51.9 Å². The summed E-state index contributed by atoms with van der Waals surface area (Å²) in [6.45, 7) is 3.56. The summed E-state index contributed by atoms with van der Waals surface area (Å²) in [5.74, 6) is -0.828. The maximum Gasteiger partial charge on any atom is 0.230 e. The lowest BCUT2D eigenvalue weighted by Crippen LogP contribution is -2.15. The Bertz CT molecular complexity index is 688. The first-order valence-electron chi connectivity index (χ1n) is 5.84. The third-order valence-electron chi connectivity index (χ3n) is 2.70. The fraction of sp³-hybridized carbons (Fsp3) is 0.143. The van der Waals surface area contributed by atoms with Crippen molar-refractivity contribution in [1.29, 1.82) is 5.41 Å². The van der Waals surface area contributed by atoms with Gasteiger partial charge in [-0.05, 0) is 37.6 Å². The maximum atomic E-state index is 13.9. The first-order chi connectivity index (χ1) is 9.40. The number of aromatic nitrogens is 1. The van der Waals surface area contributed by atoms with Gasteiger partial charge in [-0.2, -0.15) is 0 Å². The molecule has 20 heavy (non-hydrogen) atoms. The van der Waals surface area contributed by atoms with Crippen LogP contribution in [-0.2, 0) is 0 Å². The largest absolute Gasteiger partial charge is 0.435 e. The van der Waals surface area contributed by atoms with E-state index in [2.05, 4.69) is 4.98 Å². The van der Waals surface area contributed by atoms with Crippen LogP contribution in [0.1, 0.15) is 16.8 Å². The summed E-state index contributed by atoms with van der Waals surface area (Å²) >= 11 is 5.70. The molecule has 0 aliphatic carbocycles. The van der Waals surface area contributed by atoms with Crippen LogP contribution in [0, 0.1) is 25.1 Å². The Hall–Kier alpha value is -2.14. The molecule has 104 valence electrons. The topological polar surface area (TPSA) is 72.0 Å². The number of pyridine rings is 1. The van der Waals surface area contributed by atoms with Gasteiger partial charge in [0.05, 0.1) is 10.6 Å². The fourth-order valence-electron chi connectivity index (χ4n) is 1.87. The van der Waals surface area contributed by atoms with Gasteiger partial charge < -0.3 is 10.5 Å². The zero-order chi connectivity index (χ0) is 14.9. The summed E-state index contributed by atoms with van der Waals surface area (Å²) in [6, 6.07) is 6.20. The maximum absolute atomic E-state index is 13.9. The van der Waals surface area contributed by atoms with Crippen molar-refractivity contribution in [3.8, 4) is 11.6 Å². The lowest BCUT2D eigenvalue weighted by atomic mass is 10.1. The number of hydrogen-bond donors (Lipinski definition) is 2. The van der Waals surface area contributed by atoms with Crippen LogP contribution < -0.4 is 10.5 Å². The number of hydrogen-bond acceptors (Lipinski definition) is 3. The smallest absolute Gasteiger partial charge is 0.230 e. The predicted molar refractivity (Wildman–Crippen MR) is 76.2 cm³/mol. The van der Waals surface area contributed by atoms with E-state index in [0.717, 1.165) is 5.56 Å². The van der Waals surface area contributed by atoms with Gasteiger partial charge in [0, 0.05) is 5.69 Å². The lowest BCUT2D eigenvalue weighted by Gasteiger charge is -2.13. The fourth-order valence-corrected chi connectivity index (χ4v) is 2.04. The number of rotatable bonds is 3. The van der Waals surface area contributed by atoms with Crippen LogP contribution in [-0.4, -0.2) is 10.8 Å². The van der Waals surface area contributed by atoms with E-state index in [1.54, 1.807) is 26.0 Å². The van der Waals surface area contributed by atoms with Crippen molar-refractivity contribution >= 4 is 17.4 Å². The molecule has 2 rings (SSSR count). The number of aryl methyl sites for hydroxylation is 2. The highest BCUT2D eigenvalue weighted by atomic mass is 35.5. The van der Waals surface area contributed by atoms with E-state index >= 15 is 0 Å². The second-order valence-corrected chi connectivity index (χ2v) is 4.74. The van der Waals surface area contributed by atoms with Gasteiger partial charge in [0.1, 0.15) is 5.84 Å². The standard InChI is InChI=1S/C14H13ClFN3O/c1-7-6-8(2)19-14(11(7)13(17)18)20-10-5-3-4-9(15)12(10)16/h3-6H,1-2H3,(H3,17,18). The third kappa shape index (κ3) is 2.72. The van der Waals surface area contributed by atoms with Gasteiger partial charge in [-0.1, -0.05) is 17.7 Å². The normalized spacial score (nSPS) is 10.4. The third-order valence-corrected chi connectivity index (χ3v) is 3.00. The SMILES string of the molecule is Cc1cc(C)c(C(=N)N)c(Oc2cccc(Cl)c2F)n1. The van der Waals surface area contributed by atoms with E-state index in [0.29, 0.717) is 11.3 Å². The van der Waals surface area contributed by atoms with E-state index in [1.165, 1.54) is 12.1 Å². The molecule has 0 aliphatic heterocycles. The van der Waals surface area contributed by atoms with Crippen LogP contribution in [0.2, 0.25) is 5.02 Å². The molecule has 1 heterocycles. The minimum atomic E-state index is -0.676. The Balaban J connectivity index is 2.53. The van der Waals surface area contributed by atoms with E-state index in [1.807, 2.05) is 0 Å². The quantitative estimate of drug-likeness (QED) is 0.671. The van der Waals surface area contributed by atoms with Gasteiger partial charge in [-0.3, -0.25) is 5.41 Å². The molecule has 4 nitrogen and oxygen atoms in total. The van der Waals surface area contributed by atoms with E-state index in [9.17, 15) is 4.39 Å². The summed E-state index contributed by atoms with van der Waals surface area (Å²) in [7, 11) is 0. The van der Waals surface area contributed by atoms with Gasteiger partial charge in [-0.15, -0.1) is 0 Å². The predicted octanol–water partition coefficient (Wildman–Crippen LogP) is 3.57. The van der Waals surface area contributed by atoms with E-state index in [4.69, 9.17) is 27.5 Å². The highest BCUT2D eigenvalue weighted by Crippen LogP contribution is 2.30. The van der Waals surface area contributed by atoms with Crippen molar-refractivity contribution in [2.45, 2.75) is 13.8 Å². The molecule has 3 N–H and O–H groups in total. The summed E-state index contributed by atoms with van der Waals surface area (Å²) < 4.78 is 19.3. The monoisotopic (exact) mass is 293 g/mol. The van der Waals surface area contributed by atoms with Crippen LogP contribution in [0.15, 0.2) is 24.3 Å². The average Bonchev–Trinajstić information content (AvgIpc) is 2.33. The van der Waals surface area contributed by atoms with Gasteiger partial charge in [0.15, 0.2) is 11.6 Å². The summed E-state index contributed by atoms with van der Waals surface area (Å²) in [6.07, 6.45) is 0. The van der Waals surface area contributed by atoms with Crippen molar-refractivity contribution in [2.75, 3.05) is 0 Å². The minimum Gasteiger partial charge on any atom is -0.435 e. The molecule has 6 heteroatoms. The molecule has 0 saturated heterocycles. The zero-order valence-corrected chi connectivity index (χ0v) is 11.8. The highest BCUT2D eigenvalue weighted by Gasteiger charge is 2.16. The van der Waals surface area contributed by atoms with E-state index in [-0.39, 0.29) is 22.5 Å². The molecular weight excluding hydrogens is 281 g/mol. The van der Waals surface area contributed by atoms with Crippen molar-refractivity contribution in [1.82, 2.24) is 4.98 Å². The number of halogens is 2. The Kier molecular flexibility index (Phi) is 3.90. The van der Waals surface area contributed by atoms with Crippen molar-refractivity contribution in [2.24, 2.45) is 5.73 Å². The molecule has 0 radical (unpaired) electrons. The molecular formula is C14H13ClFN3O. The Morgan fingerprint density at radius 3 is 2.75 bits per heavy atom. The highest BCUT2D eigenvalue weighted by molar-refractivity contribution is 6.30. The molecule has 0 spiro atoms. The molecule has 1 aromatic carbocycles. The first-order valence-corrected chi connectivity index (χ1v) is 6.22. The Morgan fingerprint density at radius 2 is 2.10 bits per heavy atom. The number of nitrogen functional groups attached to an aromatic ring is 1. The lowest BCUT2D eigenvalue weighted by molar-refractivity contribution is 0.425. The molecule has 0 atom stereocenters. The molecule has 0 unspecified atom stereocenters. The number of ether oxygens (including phenoxy) is 1. The molecule has 0 fully saturated rings. The van der Waals surface area contributed by atoms with Crippen LogP contribution in [0.25, 0.3) is 0 Å². The van der Waals surface area contributed by atoms with Gasteiger partial charge in [0.2, 0.25) is 5.88 Å². The molecule has 0 aliphatic rings. The second-order valence-electron chi connectivity index (χ2n) is 4.33. The van der Waals surface area contributed by atoms with Gasteiger partial charge in [0.25, 0.3) is 0 Å². The molecule has 0 amide bonds. The second kappa shape index (κ2) is 5.46. The van der Waals surface area contributed by atoms with Crippen LogP contribution >= 0.6 is 11.6 Å². The van der Waals surface area contributed by atoms with Crippen molar-refractivity contribution < 1.29 is 9.13 Å². The first kappa shape index (κ1) is 14.3. The Morgan fingerprint density at radius 1 is 1.40 bits per heavy atom. The molecule has 2 aromatic rings. The van der Waals surface area contributed by atoms with Gasteiger partial charge >= 0.3 is 0 Å².